The molecule has 0 amide bonds. The molecule has 2 nitrogen and oxygen atoms in total. The summed E-state index contributed by atoms with van der Waals surface area (Å²) in [4.78, 5) is 2.69. The molecule has 0 bridgehead atoms. The fourth-order valence-corrected chi connectivity index (χ4v) is 3.26. The summed E-state index contributed by atoms with van der Waals surface area (Å²) < 4.78 is 0. The zero-order valence-electron chi connectivity index (χ0n) is 13.8. The molecule has 0 radical (unpaired) electrons. The van der Waals surface area contributed by atoms with Crippen LogP contribution in [0.2, 0.25) is 0 Å². The van der Waals surface area contributed by atoms with Crippen molar-refractivity contribution in [2.75, 3.05) is 19.6 Å². The molecular weight excluding hydrogens is 256 g/mol. The van der Waals surface area contributed by atoms with Crippen LogP contribution in [0.4, 0.5) is 0 Å². The Balaban J connectivity index is 1.94. The van der Waals surface area contributed by atoms with E-state index in [1.165, 1.54) is 12.1 Å². The molecule has 2 atom stereocenters. The summed E-state index contributed by atoms with van der Waals surface area (Å²) in [5.74, 6) is 0.709. The molecule has 21 heavy (non-hydrogen) atoms. The van der Waals surface area contributed by atoms with Crippen LogP contribution >= 0.6 is 0 Å². The molecule has 1 aliphatic rings. The number of allylic oxidation sites excluding steroid dienone is 1. The third-order valence-corrected chi connectivity index (χ3v) is 4.45. The van der Waals surface area contributed by atoms with E-state index in [4.69, 9.17) is 0 Å². The van der Waals surface area contributed by atoms with Crippen LogP contribution in [-0.4, -0.2) is 36.6 Å². The molecular formula is C19H30N2. The van der Waals surface area contributed by atoms with Crippen LogP contribution in [0, 0.1) is 5.92 Å². The molecule has 2 unspecified atom stereocenters. The van der Waals surface area contributed by atoms with Crippen LogP contribution in [0.5, 0.6) is 0 Å². The van der Waals surface area contributed by atoms with Gasteiger partial charge in [0.25, 0.3) is 0 Å². The average Bonchev–Trinajstić information content (AvgIpc) is 2.48. The lowest BCUT2D eigenvalue weighted by Gasteiger charge is -2.42. The number of hydrogen-bond acceptors (Lipinski definition) is 2. The second kappa shape index (κ2) is 8.35. The molecule has 2 heteroatoms. The van der Waals surface area contributed by atoms with Crippen molar-refractivity contribution in [3.63, 3.8) is 0 Å². The van der Waals surface area contributed by atoms with E-state index in [1.807, 2.05) is 0 Å². The van der Waals surface area contributed by atoms with E-state index in [0.29, 0.717) is 18.0 Å². The Labute approximate surface area is 130 Å². The number of rotatable bonds is 6. The van der Waals surface area contributed by atoms with Crippen molar-refractivity contribution < 1.29 is 0 Å². The van der Waals surface area contributed by atoms with Crippen molar-refractivity contribution >= 4 is 0 Å². The summed E-state index contributed by atoms with van der Waals surface area (Å²) >= 11 is 0. The number of piperazine rings is 1. The van der Waals surface area contributed by atoms with Crippen LogP contribution in [-0.2, 0) is 6.42 Å². The van der Waals surface area contributed by atoms with Crippen LogP contribution in [0.3, 0.4) is 0 Å². The summed E-state index contributed by atoms with van der Waals surface area (Å²) in [6.45, 7) is 10.2. The first-order chi connectivity index (χ1) is 10.2. The number of nitrogens with one attached hydrogen (secondary N) is 1. The minimum atomic E-state index is 0.577. The van der Waals surface area contributed by atoms with Gasteiger partial charge in [-0.05, 0) is 31.2 Å². The Hall–Kier alpha value is -1.12. The maximum absolute atomic E-state index is 3.76. The molecule has 2 rings (SSSR count). The highest BCUT2D eigenvalue weighted by Crippen LogP contribution is 2.17. The van der Waals surface area contributed by atoms with Gasteiger partial charge in [-0.25, -0.2) is 0 Å². The third-order valence-electron chi connectivity index (χ3n) is 4.45. The summed E-state index contributed by atoms with van der Waals surface area (Å²) in [6.07, 6.45) is 6.74. The van der Waals surface area contributed by atoms with Gasteiger partial charge in [-0.1, -0.05) is 56.3 Å². The van der Waals surface area contributed by atoms with Crippen molar-refractivity contribution in [1.82, 2.24) is 10.2 Å². The third kappa shape index (κ3) is 4.98. The molecule has 1 saturated heterocycles. The Kier molecular flexibility index (Phi) is 6.47. The fourth-order valence-electron chi connectivity index (χ4n) is 3.26. The van der Waals surface area contributed by atoms with Crippen molar-refractivity contribution in [1.29, 1.82) is 0 Å². The lowest BCUT2D eigenvalue weighted by atomic mass is 9.95. The Morgan fingerprint density at radius 2 is 2.05 bits per heavy atom. The van der Waals surface area contributed by atoms with Gasteiger partial charge in [0.2, 0.25) is 0 Å². The standard InChI is InChI=1S/C19H30N2/c1-4-5-9-12-21-15-18(20-14-19(21)16(2)3)13-17-10-7-6-8-11-17/h4-8,10-11,16,18-20H,9,12-15H2,1-3H3/b5-4+. The largest absolute Gasteiger partial charge is 0.311 e. The predicted molar refractivity (Wildman–Crippen MR) is 91.6 cm³/mol. The fraction of sp³-hybridized carbons (Fsp3) is 0.579. The SMILES string of the molecule is C/C=C/CCN1CC(Cc2ccccc2)NCC1C(C)C. The van der Waals surface area contributed by atoms with E-state index >= 15 is 0 Å². The molecule has 116 valence electrons. The zero-order chi connectivity index (χ0) is 15.1. The minimum Gasteiger partial charge on any atom is -0.311 e. The first-order valence-electron chi connectivity index (χ1n) is 8.33. The van der Waals surface area contributed by atoms with Crippen LogP contribution in [0.1, 0.15) is 32.8 Å². The monoisotopic (exact) mass is 286 g/mol. The van der Waals surface area contributed by atoms with Gasteiger partial charge >= 0.3 is 0 Å². The number of nitrogens with zero attached hydrogens (tertiary/aromatic N) is 1. The van der Waals surface area contributed by atoms with E-state index in [1.54, 1.807) is 0 Å². The van der Waals surface area contributed by atoms with Crippen molar-refractivity contribution in [3.8, 4) is 0 Å². The molecule has 1 heterocycles. The van der Waals surface area contributed by atoms with Crippen LogP contribution < -0.4 is 5.32 Å². The summed E-state index contributed by atoms with van der Waals surface area (Å²) in [5.41, 5.74) is 1.44. The molecule has 1 aliphatic heterocycles. The minimum absolute atomic E-state index is 0.577. The van der Waals surface area contributed by atoms with Gasteiger partial charge in [-0.2, -0.15) is 0 Å². The van der Waals surface area contributed by atoms with Crippen molar-refractivity contribution in [3.05, 3.63) is 48.0 Å². The maximum atomic E-state index is 3.76. The number of hydrogen-bond donors (Lipinski definition) is 1. The lowest BCUT2D eigenvalue weighted by Crippen LogP contribution is -2.58. The molecule has 1 aromatic carbocycles. The molecule has 0 saturated carbocycles. The predicted octanol–water partition coefficient (Wildman–Crippen LogP) is 3.49. The Morgan fingerprint density at radius 1 is 1.29 bits per heavy atom. The summed E-state index contributed by atoms with van der Waals surface area (Å²) in [6, 6.07) is 12.1. The van der Waals surface area contributed by atoms with Gasteiger partial charge in [0.15, 0.2) is 0 Å². The second-order valence-corrected chi connectivity index (χ2v) is 6.46. The highest BCUT2D eigenvalue weighted by atomic mass is 15.2. The quantitative estimate of drug-likeness (QED) is 0.805. The first-order valence-corrected chi connectivity index (χ1v) is 8.33. The van der Waals surface area contributed by atoms with Crippen molar-refractivity contribution in [2.45, 2.75) is 45.7 Å². The van der Waals surface area contributed by atoms with Gasteiger partial charge in [-0.15, -0.1) is 0 Å². The van der Waals surface area contributed by atoms with Crippen LogP contribution in [0.15, 0.2) is 42.5 Å². The van der Waals surface area contributed by atoms with Gasteiger partial charge in [0.1, 0.15) is 0 Å². The Morgan fingerprint density at radius 3 is 2.71 bits per heavy atom. The average molecular weight is 286 g/mol. The molecule has 1 fully saturated rings. The van der Waals surface area contributed by atoms with Gasteiger partial charge < -0.3 is 5.32 Å². The van der Waals surface area contributed by atoms with Gasteiger partial charge in [0.05, 0.1) is 0 Å². The smallest absolute Gasteiger partial charge is 0.0244 e. The number of benzene rings is 1. The molecule has 1 N–H and O–H groups in total. The van der Waals surface area contributed by atoms with Crippen molar-refractivity contribution in [2.24, 2.45) is 5.92 Å². The van der Waals surface area contributed by atoms with E-state index in [2.05, 4.69) is 73.5 Å². The van der Waals surface area contributed by atoms with E-state index in [0.717, 1.165) is 25.9 Å². The highest BCUT2D eigenvalue weighted by Gasteiger charge is 2.29. The van der Waals surface area contributed by atoms with Crippen LogP contribution in [0.25, 0.3) is 0 Å². The summed E-state index contributed by atoms with van der Waals surface area (Å²) in [7, 11) is 0. The molecule has 1 aromatic rings. The lowest BCUT2D eigenvalue weighted by molar-refractivity contribution is 0.100. The molecule has 0 aliphatic carbocycles. The Bertz CT molecular complexity index is 424. The van der Waals surface area contributed by atoms with Gasteiger partial charge in [-0.3, -0.25) is 4.90 Å². The van der Waals surface area contributed by atoms with E-state index in [9.17, 15) is 0 Å². The zero-order valence-corrected chi connectivity index (χ0v) is 13.8. The van der Waals surface area contributed by atoms with Gasteiger partial charge in [0, 0.05) is 31.7 Å². The van der Waals surface area contributed by atoms with E-state index < -0.39 is 0 Å². The summed E-state index contributed by atoms with van der Waals surface area (Å²) in [5, 5.41) is 3.76. The normalized spacial score (nSPS) is 24.0. The molecule has 0 aromatic heterocycles. The maximum Gasteiger partial charge on any atom is 0.0244 e. The second-order valence-electron chi connectivity index (χ2n) is 6.46. The highest BCUT2D eigenvalue weighted by molar-refractivity contribution is 5.16. The topological polar surface area (TPSA) is 15.3 Å². The molecule has 0 spiro atoms. The first kappa shape index (κ1) is 16.3. The van der Waals surface area contributed by atoms with E-state index in [-0.39, 0.29) is 0 Å².